The number of unbranched alkanes of at least 4 members (excludes halogenated alkanes) is 2. The number of rotatable bonds is 10. The molecule has 0 aliphatic heterocycles. The molecule has 0 amide bonds. The maximum Gasteiger partial charge on any atom is 0.341 e. The van der Waals surface area contributed by atoms with E-state index in [9.17, 15) is 9.36 Å². The second-order valence-electron chi connectivity index (χ2n) is 3.54. The van der Waals surface area contributed by atoms with Gasteiger partial charge in [-0.3, -0.25) is 9.36 Å². The topological polar surface area (TPSA) is 72.8 Å². The molecule has 0 aliphatic carbocycles. The SMILES string of the molecule is CCCCOP(=O)(CC(=O)O)OCCCC. The van der Waals surface area contributed by atoms with Crippen LogP contribution < -0.4 is 0 Å². The van der Waals surface area contributed by atoms with Gasteiger partial charge in [0.2, 0.25) is 0 Å². The highest BCUT2D eigenvalue weighted by Crippen LogP contribution is 2.48. The maximum atomic E-state index is 11.9. The van der Waals surface area contributed by atoms with Gasteiger partial charge in [-0.2, -0.15) is 0 Å². The predicted octanol–water partition coefficient (Wildman–Crippen LogP) is 2.90. The number of aliphatic carboxylic acids is 1. The average Bonchev–Trinajstić information content (AvgIpc) is 2.17. The predicted molar refractivity (Wildman–Crippen MR) is 61.8 cm³/mol. The molecule has 5 nitrogen and oxygen atoms in total. The lowest BCUT2D eigenvalue weighted by Crippen LogP contribution is -2.09. The van der Waals surface area contributed by atoms with E-state index in [1.54, 1.807) is 0 Å². The summed E-state index contributed by atoms with van der Waals surface area (Å²) in [7, 11) is -3.43. The molecule has 0 aliphatic rings. The molecule has 0 rings (SSSR count). The van der Waals surface area contributed by atoms with Crippen molar-refractivity contribution in [2.75, 3.05) is 19.4 Å². The van der Waals surface area contributed by atoms with E-state index in [0.717, 1.165) is 25.7 Å². The van der Waals surface area contributed by atoms with Crippen molar-refractivity contribution in [1.29, 1.82) is 0 Å². The van der Waals surface area contributed by atoms with Gasteiger partial charge in [0.1, 0.15) is 6.16 Å². The average molecular weight is 252 g/mol. The number of hydrogen-bond donors (Lipinski definition) is 1. The summed E-state index contributed by atoms with van der Waals surface area (Å²) in [6.07, 6.45) is 2.76. The van der Waals surface area contributed by atoms with E-state index in [1.165, 1.54) is 0 Å². The van der Waals surface area contributed by atoms with Crippen molar-refractivity contribution in [1.82, 2.24) is 0 Å². The molecule has 0 radical (unpaired) electrons. The highest BCUT2D eigenvalue weighted by atomic mass is 31.2. The summed E-state index contributed by atoms with van der Waals surface area (Å²) in [5.41, 5.74) is 0. The molecule has 16 heavy (non-hydrogen) atoms. The molecule has 0 aromatic carbocycles. The molecule has 96 valence electrons. The summed E-state index contributed by atoms with van der Waals surface area (Å²) in [5, 5.41) is 8.63. The molecule has 6 heteroatoms. The Bertz CT molecular complexity index is 227. The molecule has 0 atom stereocenters. The van der Waals surface area contributed by atoms with Gasteiger partial charge in [-0.15, -0.1) is 0 Å². The molecular formula is C10H21O5P. The summed E-state index contributed by atoms with van der Waals surface area (Å²) >= 11 is 0. The van der Waals surface area contributed by atoms with E-state index >= 15 is 0 Å². The van der Waals surface area contributed by atoms with Gasteiger partial charge >= 0.3 is 13.6 Å². The zero-order valence-electron chi connectivity index (χ0n) is 9.98. The van der Waals surface area contributed by atoms with Crippen LogP contribution in [0.4, 0.5) is 0 Å². The number of hydrogen-bond acceptors (Lipinski definition) is 4. The fourth-order valence-electron chi connectivity index (χ4n) is 0.990. The van der Waals surface area contributed by atoms with E-state index in [0.29, 0.717) is 0 Å². The highest BCUT2D eigenvalue weighted by Gasteiger charge is 2.27. The lowest BCUT2D eigenvalue weighted by Gasteiger charge is -2.16. The Balaban J connectivity index is 4.13. The van der Waals surface area contributed by atoms with Crippen LogP contribution in [0.2, 0.25) is 0 Å². The third-order valence-corrected chi connectivity index (χ3v) is 3.71. The van der Waals surface area contributed by atoms with Gasteiger partial charge in [-0.05, 0) is 12.8 Å². The Kier molecular flexibility index (Phi) is 8.53. The monoisotopic (exact) mass is 252 g/mol. The zero-order chi connectivity index (χ0) is 12.4. The van der Waals surface area contributed by atoms with E-state index < -0.39 is 19.7 Å². The lowest BCUT2D eigenvalue weighted by molar-refractivity contribution is -0.134. The molecule has 0 saturated carbocycles. The summed E-state index contributed by atoms with van der Waals surface area (Å²) in [6, 6.07) is 0. The first-order valence-corrected chi connectivity index (χ1v) is 7.36. The maximum absolute atomic E-state index is 11.9. The van der Waals surface area contributed by atoms with Crippen LogP contribution in [-0.2, 0) is 18.4 Å². The Morgan fingerprint density at radius 3 is 1.88 bits per heavy atom. The van der Waals surface area contributed by atoms with Crippen molar-refractivity contribution >= 4 is 13.6 Å². The minimum absolute atomic E-state index is 0.285. The summed E-state index contributed by atoms with van der Waals surface area (Å²) in [6.45, 7) is 4.52. The normalized spacial score (nSPS) is 11.6. The third kappa shape index (κ3) is 7.85. The number of carbonyl (C=O) groups is 1. The van der Waals surface area contributed by atoms with Gasteiger partial charge in [0, 0.05) is 0 Å². The number of carboxylic acid groups (broad SMARTS) is 1. The van der Waals surface area contributed by atoms with E-state index in [-0.39, 0.29) is 13.2 Å². The first-order valence-electron chi connectivity index (χ1n) is 5.64. The lowest BCUT2D eigenvalue weighted by atomic mass is 10.4. The van der Waals surface area contributed by atoms with Crippen molar-refractivity contribution in [2.45, 2.75) is 39.5 Å². The van der Waals surface area contributed by atoms with Crippen LogP contribution in [0.1, 0.15) is 39.5 Å². The van der Waals surface area contributed by atoms with Gasteiger partial charge in [0.05, 0.1) is 13.2 Å². The molecule has 0 heterocycles. The fraction of sp³-hybridized carbons (Fsp3) is 0.900. The van der Waals surface area contributed by atoms with Crippen molar-refractivity contribution in [3.8, 4) is 0 Å². The van der Waals surface area contributed by atoms with Gasteiger partial charge in [0.15, 0.2) is 0 Å². The largest absolute Gasteiger partial charge is 0.481 e. The summed E-state index contributed by atoms with van der Waals surface area (Å²) in [4.78, 5) is 10.5. The van der Waals surface area contributed by atoms with Gasteiger partial charge < -0.3 is 14.2 Å². The smallest absolute Gasteiger partial charge is 0.341 e. The second kappa shape index (κ2) is 8.74. The minimum Gasteiger partial charge on any atom is -0.481 e. The fourth-order valence-corrected chi connectivity index (χ4v) is 2.39. The molecule has 0 unspecified atom stereocenters. The Hall–Kier alpha value is -0.380. The van der Waals surface area contributed by atoms with Crippen molar-refractivity contribution in [3.63, 3.8) is 0 Å². The molecule has 0 aromatic rings. The number of carboxylic acids is 1. The third-order valence-electron chi connectivity index (χ3n) is 1.90. The van der Waals surface area contributed by atoms with Gasteiger partial charge in [-0.1, -0.05) is 26.7 Å². The molecule has 0 spiro atoms. The van der Waals surface area contributed by atoms with Crippen molar-refractivity contribution in [2.24, 2.45) is 0 Å². The Labute approximate surface area is 96.7 Å². The van der Waals surface area contributed by atoms with Crippen LogP contribution in [0.25, 0.3) is 0 Å². The van der Waals surface area contributed by atoms with Crippen LogP contribution in [-0.4, -0.2) is 30.5 Å². The second-order valence-corrected chi connectivity index (χ2v) is 5.59. The standard InChI is InChI=1S/C10H21O5P/c1-3-5-7-14-16(13,9-10(11)12)15-8-6-4-2/h3-9H2,1-2H3,(H,11,12). The Morgan fingerprint density at radius 1 is 1.12 bits per heavy atom. The quantitative estimate of drug-likeness (QED) is 0.478. The first-order chi connectivity index (χ1) is 7.54. The first kappa shape index (κ1) is 15.6. The van der Waals surface area contributed by atoms with Crippen LogP contribution >= 0.6 is 7.60 Å². The highest BCUT2D eigenvalue weighted by molar-refractivity contribution is 7.54. The molecule has 0 fully saturated rings. The molecule has 0 aromatic heterocycles. The van der Waals surface area contributed by atoms with Crippen molar-refractivity contribution in [3.05, 3.63) is 0 Å². The van der Waals surface area contributed by atoms with E-state index in [1.807, 2.05) is 13.8 Å². The van der Waals surface area contributed by atoms with Gasteiger partial charge in [0.25, 0.3) is 0 Å². The molecule has 0 bridgehead atoms. The molecule has 1 N–H and O–H groups in total. The van der Waals surface area contributed by atoms with E-state index in [4.69, 9.17) is 14.2 Å². The van der Waals surface area contributed by atoms with Crippen LogP contribution in [0.3, 0.4) is 0 Å². The Morgan fingerprint density at radius 2 is 1.56 bits per heavy atom. The molecular weight excluding hydrogens is 231 g/mol. The summed E-state index contributed by atoms with van der Waals surface area (Å²) < 4.78 is 22.1. The minimum atomic E-state index is -3.43. The van der Waals surface area contributed by atoms with Gasteiger partial charge in [-0.25, -0.2) is 0 Å². The van der Waals surface area contributed by atoms with Crippen LogP contribution in [0.5, 0.6) is 0 Å². The van der Waals surface area contributed by atoms with Crippen LogP contribution in [0, 0.1) is 0 Å². The summed E-state index contributed by atoms with van der Waals surface area (Å²) in [5.74, 6) is -1.16. The molecule has 0 saturated heterocycles. The van der Waals surface area contributed by atoms with E-state index in [2.05, 4.69) is 0 Å². The van der Waals surface area contributed by atoms with Crippen molar-refractivity contribution < 1.29 is 23.5 Å². The zero-order valence-corrected chi connectivity index (χ0v) is 10.9. The van der Waals surface area contributed by atoms with Crippen LogP contribution in [0.15, 0.2) is 0 Å².